The minimum absolute atomic E-state index is 0.0201. The molecule has 0 atom stereocenters. The van der Waals surface area contributed by atoms with E-state index in [-0.39, 0.29) is 5.91 Å². The molecule has 0 saturated carbocycles. The Balaban J connectivity index is 2.39. The summed E-state index contributed by atoms with van der Waals surface area (Å²) in [6.45, 7) is 0. The fourth-order valence-electron chi connectivity index (χ4n) is 1.62. The van der Waals surface area contributed by atoms with Gasteiger partial charge in [-0.3, -0.25) is 0 Å². The van der Waals surface area contributed by atoms with Gasteiger partial charge in [0, 0.05) is 14.2 Å². The average molecular weight is 254 g/mol. The van der Waals surface area contributed by atoms with Gasteiger partial charge in [0.25, 0.3) is 0 Å². The molecule has 0 radical (unpaired) electrons. The van der Waals surface area contributed by atoms with Gasteiger partial charge in [-0.05, 0) is 24.1 Å². The molecule has 5 heteroatoms. The number of aryl methyl sites for hydroxylation is 1. The fraction of sp³-hybridized carbons (Fsp3) is 0.417. The highest BCUT2D eigenvalue weighted by Crippen LogP contribution is 2.07. The lowest BCUT2D eigenvalue weighted by molar-refractivity contribution is -0.0440. The lowest BCUT2D eigenvalue weighted by Gasteiger charge is -2.12. The number of benzene rings is 1. The van der Waals surface area contributed by atoms with Crippen molar-refractivity contribution in [2.75, 3.05) is 14.2 Å². The second-order valence-corrected chi connectivity index (χ2v) is 5.75. The lowest BCUT2D eigenvalue weighted by Crippen LogP contribution is -2.21. The van der Waals surface area contributed by atoms with Crippen molar-refractivity contribution in [3.8, 4) is 0 Å². The molecule has 0 aromatic heterocycles. The van der Waals surface area contributed by atoms with E-state index in [0.717, 1.165) is 18.0 Å². The first-order valence-corrected chi connectivity index (χ1v) is 7.37. The van der Waals surface area contributed by atoms with E-state index in [2.05, 4.69) is 0 Å². The van der Waals surface area contributed by atoms with Crippen LogP contribution in [-0.2, 0) is 15.9 Å². The van der Waals surface area contributed by atoms with Gasteiger partial charge < -0.3 is 14.6 Å². The number of carboxylic acids is 1. The summed E-state index contributed by atoms with van der Waals surface area (Å²) < 4.78 is 10.3. The molecule has 1 N–H and O–H groups in total. The van der Waals surface area contributed by atoms with Crippen molar-refractivity contribution in [1.29, 1.82) is 0 Å². The highest BCUT2D eigenvalue weighted by atomic mass is 28.2. The summed E-state index contributed by atoms with van der Waals surface area (Å²) in [5.74, 6) is -0.905. The molecular weight excluding hydrogens is 236 g/mol. The van der Waals surface area contributed by atoms with Gasteiger partial charge in [0.15, 0.2) is 0 Å². The highest BCUT2D eigenvalue weighted by molar-refractivity contribution is 6.36. The molecule has 0 bridgehead atoms. The van der Waals surface area contributed by atoms with Gasteiger partial charge in [-0.25, -0.2) is 4.79 Å². The standard InChI is InChI=1S/C12H18O4Si/c1-15-12(16-2)17-8-7-9-3-5-10(6-4-9)11(13)14/h3-6,12H,7-8,17H2,1-2H3,(H,13,14). The van der Waals surface area contributed by atoms with Crippen LogP contribution in [-0.4, -0.2) is 40.7 Å². The SMILES string of the molecule is COC(OC)[SiH2]CCc1ccc(C(=O)O)cc1. The van der Waals surface area contributed by atoms with Crippen LogP contribution >= 0.6 is 0 Å². The molecule has 0 aliphatic rings. The monoisotopic (exact) mass is 254 g/mol. The van der Waals surface area contributed by atoms with Crippen LogP contribution in [0.1, 0.15) is 15.9 Å². The minimum Gasteiger partial charge on any atom is -0.478 e. The van der Waals surface area contributed by atoms with Crippen molar-refractivity contribution < 1.29 is 19.4 Å². The largest absolute Gasteiger partial charge is 0.478 e. The quantitative estimate of drug-likeness (QED) is 0.584. The molecule has 0 unspecified atom stereocenters. The minimum atomic E-state index is -0.884. The molecule has 17 heavy (non-hydrogen) atoms. The molecule has 0 spiro atoms. The molecule has 1 aromatic carbocycles. The Bertz CT molecular complexity index is 346. The summed E-state index contributed by atoms with van der Waals surface area (Å²) in [6, 6.07) is 8.10. The van der Waals surface area contributed by atoms with Gasteiger partial charge in [-0.2, -0.15) is 0 Å². The number of methoxy groups -OCH3 is 2. The highest BCUT2D eigenvalue weighted by Gasteiger charge is 2.06. The van der Waals surface area contributed by atoms with Gasteiger partial charge in [-0.1, -0.05) is 18.2 Å². The van der Waals surface area contributed by atoms with E-state index in [1.54, 1.807) is 26.4 Å². The van der Waals surface area contributed by atoms with Crippen LogP contribution in [0.15, 0.2) is 24.3 Å². The molecule has 0 aliphatic carbocycles. The van der Waals surface area contributed by atoms with E-state index in [1.165, 1.54) is 0 Å². The predicted molar refractivity (Wildman–Crippen MR) is 68.3 cm³/mol. The fourth-order valence-corrected chi connectivity index (χ4v) is 3.04. The van der Waals surface area contributed by atoms with Crippen LogP contribution in [0.4, 0.5) is 0 Å². The maximum Gasteiger partial charge on any atom is 0.335 e. The number of ether oxygens (including phenoxy) is 2. The second kappa shape index (κ2) is 7.21. The summed E-state index contributed by atoms with van der Waals surface area (Å²) in [7, 11) is 2.91. The number of carbonyl (C=O) groups is 1. The van der Waals surface area contributed by atoms with Crippen LogP contribution in [0.3, 0.4) is 0 Å². The van der Waals surface area contributed by atoms with E-state index >= 15 is 0 Å². The van der Waals surface area contributed by atoms with Crippen LogP contribution < -0.4 is 0 Å². The first kappa shape index (κ1) is 13.9. The van der Waals surface area contributed by atoms with Crippen LogP contribution in [0.25, 0.3) is 0 Å². The molecule has 0 heterocycles. The molecule has 1 rings (SSSR count). The molecule has 94 valence electrons. The Morgan fingerprint density at radius 2 is 1.88 bits per heavy atom. The number of hydrogen-bond acceptors (Lipinski definition) is 3. The third kappa shape index (κ3) is 4.68. The van der Waals surface area contributed by atoms with Crippen molar-refractivity contribution in [2.24, 2.45) is 0 Å². The summed E-state index contributed by atoms with van der Waals surface area (Å²) in [5.41, 5.74) is 1.49. The van der Waals surface area contributed by atoms with E-state index in [4.69, 9.17) is 14.6 Å². The Morgan fingerprint density at radius 1 is 1.29 bits per heavy atom. The number of carboxylic acid groups (broad SMARTS) is 1. The van der Waals surface area contributed by atoms with Gasteiger partial charge in [-0.15, -0.1) is 0 Å². The Morgan fingerprint density at radius 3 is 2.35 bits per heavy atom. The number of aromatic carboxylic acids is 1. The Kier molecular flexibility index (Phi) is 5.89. The summed E-state index contributed by atoms with van der Waals surface area (Å²) in [5, 5.41) is 8.76. The molecule has 0 aliphatic heterocycles. The van der Waals surface area contributed by atoms with Crippen LogP contribution in [0.5, 0.6) is 0 Å². The van der Waals surface area contributed by atoms with Crippen molar-refractivity contribution in [3.63, 3.8) is 0 Å². The zero-order chi connectivity index (χ0) is 12.7. The van der Waals surface area contributed by atoms with Crippen LogP contribution in [0.2, 0.25) is 6.04 Å². The van der Waals surface area contributed by atoms with E-state index < -0.39 is 15.5 Å². The molecule has 0 fully saturated rings. The molecule has 1 aromatic rings. The van der Waals surface area contributed by atoms with E-state index in [0.29, 0.717) is 5.56 Å². The summed E-state index contributed by atoms with van der Waals surface area (Å²) >= 11 is 0. The number of hydrogen-bond donors (Lipinski definition) is 1. The van der Waals surface area contributed by atoms with Crippen molar-refractivity contribution in [1.82, 2.24) is 0 Å². The van der Waals surface area contributed by atoms with E-state index in [1.807, 2.05) is 12.1 Å². The van der Waals surface area contributed by atoms with Gasteiger partial charge in [0.05, 0.1) is 15.1 Å². The normalized spacial score (nSPS) is 11.5. The van der Waals surface area contributed by atoms with E-state index in [9.17, 15) is 4.79 Å². The lowest BCUT2D eigenvalue weighted by atomic mass is 10.1. The smallest absolute Gasteiger partial charge is 0.335 e. The third-order valence-corrected chi connectivity index (χ3v) is 4.53. The molecule has 4 nitrogen and oxygen atoms in total. The third-order valence-electron chi connectivity index (χ3n) is 2.63. The maximum atomic E-state index is 10.7. The van der Waals surface area contributed by atoms with Gasteiger partial charge in [0.2, 0.25) is 0 Å². The molecule has 0 amide bonds. The van der Waals surface area contributed by atoms with Crippen molar-refractivity contribution >= 4 is 15.5 Å². The molecular formula is C12H18O4Si. The predicted octanol–water partition coefficient (Wildman–Crippen LogP) is 1.09. The first-order valence-electron chi connectivity index (χ1n) is 5.55. The summed E-state index contributed by atoms with van der Waals surface area (Å²) in [4.78, 5) is 10.7. The summed E-state index contributed by atoms with van der Waals surface area (Å²) in [6.07, 6.45) is 0.954. The first-order chi connectivity index (χ1) is 8.17. The van der Waals surface area contributed by atoms with Crippen LogP contribution in [0, 0.1) is 0 Å². The second-order valence-electron chi connectivity index (χ2n) is 3.80. The molecule has 0 saturated heterocycles. The Hall–Kier alpha value is -1.17. The number of rotatable bonds is 7. The van der Waals surface area contributed by atoms with Gasteiger partial charge >= 0.3 is 5.97 Å². The van der Waals surface area contributed by atoms with Crippen molar-refractivity contribution in [3.05, 3.63) is 35.4 Å². The van der Waals surface area contributed by atoms with Gasteiger partial charge in [0.1, 0.15) is 5.91 Å². The average Bonchev–Trinajstić information content (AvgIpc) is 2.35. The maximum absolute atomic E-state index is 10.7. The Labute approximate surface area is 103 Å². The zero-order valence-electron chi connectivity index (χ0n) is 10.2. The zero-order valence-corrected chi connectivity index (χ0v) is 11.6. The topological polar surface area (TPSA) is 55.8 Å². The van der Waals surface area contributed by atoms with Crippen molar-refractivity contribution in [2.45, 2.75) is 18.4 Å².